The molecule has 0 atom stereocenters. The van der Waals surface area contributed by atoms with Gasteiger partial charge in [0.15, 0.2) is 0 Å². The van der Waals surface area contributed by atoms with Crippen molar-refractivity contribution in [3.63, 3.8) is 0 Å². The molecule has 6 radical (unpaired) electrons. The molecule has 1 aromatic rings. The standard InChI is InChI=1S/C4H4N2.2N/c1-2-4-6-5-3-1;;/h1-4H;;. The van der Waals surface area contributed by atoms with Gasteiger partial charge in [0.05, 0.1) is 0 Å². The lowest BCUT2D eigenvalue weighted by Gasteiger charge is -1.69. The van der Waals surface area contributed by atoms with Crippen LogP contribution in [0.1, 0.15) is 0 Å². The Morgan fingerprint density at radius 2 is 1.12 bits per heavy atom. The molecule has 0 unspecified atom stereocenters. The van der Waals surface area contributed by atoms with Crippen LogP contribution in [0.3, 0.4) is 0 Å². The van der Waals surface area contributed by atoms with Crippen LogP contribution in [-0.2, 0) is 0 Å². The largest absolute Gasteiger partial charge is 0.159 e. The van der Waals surface area contributed by atoms with Crippen LogP contribution >= 0.6 is 0 Å². The minimum atomic E-state index is 0. The molecular formula is C4H4N4. The summed E-state index contributed by atoms with van der Waals surface area (Å²) in [5.41, 5.74) is 0. The summed E-state index contributed by atoms with van der Waals surface area (Å²) in [7, 11) is 0. The zero-order chi connectivity index (χ0) is 4.24. The number of aromatic nitrogens is 2. The number of nitrogens with zero attached hydrogens (tertiary/aromatic N) is 4. The molecule has 1 rings (SSSR count). The van der Waals surface area contributed by atoms with E-state index in [2.05, 4.69) is 10.2 Å². The summed E-state index contributed by atoms with van der Waals surface area (Å²) >= 11 is 0. The Bertz CT molecular complexity index is 80.0. The Morgan fingerprint density at radius 3 is 1.25 bits per heavy atom. The van der Waals surface area contributed by atoms with Gasteiger partial charge in [0.25, 0.3) is 0 Å². The molecule has 0 amide bonds. The van der Waals surface area contributed by atoms with E-state index in [1.807, 2.05) is 12.1 Å². The highest BCUT2D eigenvalue weighted by atomic mass is 15.1. The Labute approximate surface area is 48.1 Å². The highest BCUT2D eigenvalue weighted by Crippen LogP contribution is 1.68. The first-order valence-corrected chi connectivity index (χ1v) is 1.72. The SMILES string of the molecule is [N].[N].c1ccnnc1. The van der Waals surface area contributed by atoms with Crippen molar-refractivity contribution in [2.75, 3.05) is 0 Å². The smallest absolute Gasteiger partial charge is 0.0496 e. The maximum atomic E-state index is 3.53. The van der Waals surface area contributed by atoms with Gasteiger partial charge in [0, 0.05) is 24.7 Å². The number of rotatable bonds is 0. The van der Waals surface area contributed by atoms with Gasteiger partial charge >= 0.3 is 0 Å². The van der Waals surface area contributed by atoms with Gasteiger partial charge in [-0.05, 0) is 12.1 Å². The van der Waals surface area contributed by atoms with Crippen molar-refractivity contribution in [1.82, 2.24) is 22.5 Å². The Hall–Kier alpha value is -1.00. The Kier molecular flexibility index (Phi) is 7.56. The molecule has 8 heavy (non-hydrogen) atoms. The fourth-order valence-corrected chi connectivity index (χ4v) is 0.253. The second-order valence-electron chi connectivity index (χ2n) is 0.914. The average Bonchev–Trinajstić information content (AvgIpc) is 1.72. The quantitative estimate of drug-likeness (QED) is 0.449. The van der Waals surface area contributed by atoms with Gasteiger partial charge < -0.3 is 0 Å². The summed E-state index contributed by atoms with van der Waals surface area (Å²) in [5, 5.41) is 7.07. The third kappa shape index (κ3) is 3.20. The van der Waals surface area contributed by atoms with Crippen molar-refractivity contribution >= 4 is 0 Å². The lowest BCUT2D eigenvalue weighted by molar-refractivity contribution is 1.03. The summed E-state index contributed by atoms with van der Waals surface area (Å²) in [6, 6.07) is 3.65. The molecule has 40 valence electrons. The van der Waals surface area contributed by atoms with E-state index in [1.165, 1.54) is 0 Å². The summed E-state index contributed by atoms with van der Waals surface area (Å²) in [4.78, 5) is 0. The second-order valence-corrected chi connectivity index (χ2v) is 0.914. The van der Waals surface area contributed by atoms with E-state index < -0.39 is 0 Å². The van der Waals surface area contributed by atoms with Crippen LogP contribution in [0.4, 0.5) is 0 Å². The van der Waals surface area contributed by atoms with Crippen molar-refractivity contribution in [2.24, 2.45) is 0 Å². The summed E-state index contributed by atoms with van der Waals surface area (Å²) in [6.45, 7) is 0. The summed E-state index contributed by atoms with van der Waals surface area (Å²) in [6.07, 6.45) is 3.28. The van der Waals surface area contributed by atoms with E-state index in [0.717, 1.165) is 0 Å². The van der Waals surface area contributed by atoms with Crippen molar-refractivity contribution in [3.05, 3.63) is 24.5 Å². The van der Waals surface area contributed by atoms with Crippen LogP contribution in [-0.4, -0.2) is 10.2 Å². The van der Waals surface area contributed by atoms with Crippen LogP contribution in [0.15, 0.2) is 24.5 Å². The second kappa shape index (κ2) is 6.00. The van der Waals surface area contributed by atoms with E-state index in [0.29, 0.717) is 0 Å². The minimum absolute atomic E-state index is 0. The molecule has 0 aliphatic rings. The zero-order valence-corrected chi connectivity index (χ0v) is 4.10. The molecule has 0 bridgehead atoms. The van der Waals surface area contributed by atoms with Gasteiger partial charge in [0.2, 0.25) is 0 Å². The number of hydrogen-bond donors (Lipinski definition) is 0. The van der Waals surface area contributed by atoms with E-state index in [4.69, 9.17) is 0 Å². The molecule has 0 saturated heterocycles. The van der Waals surface area contributed by atoms with Gasteiger partial charge in [-0.1, -0.05) is 0 Å². The van der Waals surface area contributed by atoms with E-state index in [9.17, 15) is 0 Å². The maximum Gasteiger partial charge on any atom is 0.0496 e. The monoisotopic (exact) mass is 108 g/mol. The third-order valence-electron chi connectivity index (χ3n) is 0.483. The average molecular weight is 108 g/mol. The topological polar surface area (TPSA) is 86.8 Å². The molecule has 0 aromatic carbocycles. The Morgan fingerprint density at radius 1 is 0.750 bits per heavy atom. The molecule has 0 saturated carbocycles. The Balaban J connectivity index is 0. The fraction of sp³-hybridized carbons (Fsp3) is 0. The fourth-order valence-electron chi connectivity index (χ4n) is 0.253. The van der Waals surface area contributed by atoms with E-state index in [1.54, 1.807) is 12.4 Å². The van der Waals surface area contributed by atoms with Crippen LogP contribution < -0.4 is 12.3 Å². The summed E-state index contributed by atoms with van der Waals surface area (Å²) in [5.74, 6) is 0. The van der Waals surface area contributed by atoms with Crippen molar-refractivity contribution < 1.29 is 0 Å². The predicted molar refractivity (Wildman–Crippen MR) is 26.3 cm³/mol. The van der Waals surface area contributed by atoms with Gasteiger partial charge in [0.1, 0.15) is 0 Å². The minimum Gasteiger partial charge on any atom is -0.159 e. The molecular weight excluding hydrogens is 104 g/mol. The van der Waals surface area contributed by atoms with Crippen LogP contribution in [0.2, 0.25) is 0 Å². The third-order valence-corrected chi connectivity index (χ3v) is 0.483. The van der Waals surface area contributed by atoms with Crippen molar-refractivity contribution in [3.8, 4) is 0 Å². The first kappa shape index (κ1) is 10.1. The predicted octanol–water partition coefficient (Wildman–Crippen LogP) is -0.485. The maximum absolute atomic E-state index is 3.53. The molecule has 4 heteroatoms. The molecule has 0 aliphatic carbocycles. The van der Waals surface area contributed by atoms with Crippen LogP contribution in [0.25, 0.3) is 0 Å². The van der Waals surface area contributed by atoms with E-state index >= 15 is 0 Å². The molecule has 4 nitrogen and oxygen atoms in total. The van der Waals surface area contributed by atoms with Gasteiger partial charge in [-0.2, -0.15) is 10.2 Å². The molecule has 1 aromatic heterocycles. The van der Waals surface area contributed by atoms with Crippen molar-refractivity contribution in [1.29, 1.82) is 0 Å². The van der Waals surface area contributed by atoms with E-state index in [-0.39, 0.29) is 12.3 Å². The molecule has 1 heterocycles. The lowest BCUT2D eigenvalue weighted by Crippen LogP contribution is -1.69. The molecule has 0 aliphatic heterocycles. The molecule has 0 spiro atoms. The zero-order valence-electron chi connectivity index (χ0n) is 4.10. The molecule has 0 fully saturated rings. The van der Waals surface area contributed by atoms with Crippen LogP contribution in [0, 0.1) is 0 Å². The highest BCUT2D eigenvalue weighted by Gasteiger charge is 1.59. The number of hydrogen-bond acceptors (Lipinski definition) is 2. The van der Waals surface area contributed by atoms with Gasteiger partial charge in [-0.3, -0.25) is 0 Å². The normalized spacial score (nSPS) is 6.00. The first-order valence-electron chi connectivity index (χ1n) is 1.72. The van der Waals surface area contributed by atoms with Gasteiger partial charge in [-0.15, -0.1) is 0 Å². The molecule has 0 N–H and O–H groups in total. The van der Waals surface area contributed by atoms with Crippen molar-refractivity contribution in [2.45, 2.75) is 0 Å². The summed E-state index contributed by atoms with van der Waals surface area (Å²) < 4.78 is 0. The first-order chi connectivity index (χ1) is 3.00. The lowest BCUT2D eigenvalue weighted by atomic mass is 10.6. The van der Waals surface area contributed by atoms with Crippen LogP contribution in [0.5, 0.6) is 0 Å². The van der Waals surface area contributed by atoms with Gasteiger partial charge in [-0.25, -0.2) is 0 Å². The highest BCUT2D eigenvalue weighted by molar-refractivity contribution is 4.79.